The molecule has 128 valence electrons. The van der Waals surface area contributed by atoms with Crippen molar-refractivity contribution in [2.75, 3.05) is 26.2 Å². The third-order valence-corrected chi connectivity index (χ3v) is 5.87. The molecular formula is C16H17F2N3O2S. The number of hydrogen-bond acceptors (Lipinski definition) is 4. The summed E-state index contributed by atoms with van der Waals surface area (Å²) in [5.74, 6) is -1.71. The van der Waals surface area contributed by atoms with E-state index >= 15 is 0 Å². The standard InChI is InChI=1S/C16H17F2N3O2S/c17-13-4-5-15(18)16(11-13)24(22,23)21-9-7-20(8-10-21)12-14-3-1-2-6-19-14/h1-6,11H,7-10,12H2. The van der Waals surface area contributed by atoms with Crippen molar-refractivity contribution in [3.8, 4) is 0 Å². The van der Waals surface area contributed by atoms with Gasteiger partial charge in [-0.2, -0.15) is 4.31 Å². The topological polar surface area (TPSA) is 53.5 Å². The lowest BCUT2D eigenvalue weighted by Gasteiger charge is -2.33. The summed E-state index contributed by atoms with van der Waals surface area (Å²) < 4.78 is 53.3. The summed E-state index contributed by atoms with van der Waals surface area (Å²) in [7, 11) is -4.04. The van der Waals surface area contributed by atoms with Crippen molar-refractivity contribution in [2.24, 2.45) is 0 Å². The summed E-state index contributed by atoms with van der Waals surface area (Å²) in [5, 5.41) is 0. The summed E-state index contributed by atoms with van der Waals surface area (Å²) in [4.78, 5) is 5.71. The van der Waals surface area contributed by atoms with Crippen LogP contribution in [0.4, 0.5) is 8.78 Å². The molecule has 1 saturated heterocycles. The fourth-order valence-electron chi connectivity index (χ4n) is 2.66. The van der Waals surface area contributed by atoms with Crippen LogP contribution < -0.4 is 0 Å². The Morgan fingerprint density at radius 2 is 1.79 bits per heavy atom. The van der Waals surface area contributed by atoms with Gasteiger partial charge in [0.1, 0.15) is 16.5 Å². The molecule has 0 atom stereocenters. The number of aromatic nitrogens is 1. The van der Waals surface area contributed by atoms with Gasteiger partial charge in [-0.3, -0.25) is 9.88 Å². The minimum absolute atomic E-state index is 0.227. The molecule has 0 bridgehead atoms. The van der Waals surface area contributed by atoms with Crippen LogP contribution in [0.15, 0.2) is 47.5 Å². The molecule has 0 spiro atoms. The van der Waals surface area contributed by atoms with Gasteiger partial charge in [-0.15, -0.1) is 0 Å². The maximum absolute atomic E-state index is 13.8. The number of nitrogens with zero attached hydrogens (tertiary/aromatic N) is 3. The van der Waals surface area contributed by atoms with Crippen molar-refractivity contribution in [1.82, 2.24) is 14.2 Å². The van der Waals surface area contributed by atoms with Crippen molar-refractivity contribution >= 4 is 10.0 Å². The van der Waals surface area contributed by atoms with E-state index in [0.717, 1.165) is 23.9 Å². The third-order valence-electron chi connectivity index (χ3n) is 3.95. The molecule has 1 aromatic heterocycles. The Labute approximate surface area is 139 Å². The second-order valence-electron chi connectivity index (χ2n) is 5.58. The van der Waals surface area contributed by atoms with Gasteiger partial charge in [0.25, 0.3) is 0 Å². The highest BCUT2D eigenvalue weighted by Gasteiger charge is 2.31. The van der Waals surface area contributed by atoms with Gasteiger partial charge in [-0.05, 0) is 30.3 Å². The second kappa shape index (κ2) is 6.92. The minimum Gasteiger partial charge on any atom is -0.295 e. The van der Waals surface area contributed by atoms with E-state index in [2.05, 4.69) is 9.88 Å². The number of piperazine rings is 1. The Bertz CT molecular complexity index is 807. The molecule has 1 fully saturated rings. The average Bonchev–Trinajstić information content (AvgIpc) is 2.58. The van der Waals surface area contributed by atoms with Gasteiger partial charge in [-0.1, -0.05) is 6.07 Å². The minimum atomic E-state index is -4.04. The molecule has 2 aromatic rings. The van der Waals surface area contributed by atoms with E-state index < -0.39 is 26.6 Å². The van der Waals surface area contributed by atoms with Crippen molar-refractivity contribution < 1.29 is 17.2 Å². The Kier molecular flexibility index (Phi) is 4.88. The average molecular weight is 353 g/mol. The highest BCUT2D eigenvalue weighted by atomic mass is 32.2. The molecule has 2 heterocycles. The quantitative estimate of drug-likeness (QED) is 0.842. The van der Waals surface area contributed by atoms with E-state index in [1.807, 2.05) is 18.2 Å². The van der Waals surface area contributed by atoms with Gasteiger partial charge in [-0.25, -0.2) is 17.2 Å². The molecule has 1 aliphatic rings. The number of benzene rings is 1. The van der Waals surface area contributed by atoms with E-state index in [-0.39, 0.29) is 13.1 Å². The molecular weight excluding hydrogens is 336 g/mol. The fraction of sp³-hybridized carbons (Fsp3) is 0.312. The first-order valence-electron chi connectivity index (χ1n) is 7.54. The van der Waals surface area contributed by atoms with Gasteiger partial charge >= 0.3 is 0 Å². The molecule has 3 rings (SSSR count). The molecule has 8 heteroatoms. The molecule has 0 aliphatic carbocycles. The van der Waals surface area contributed by atoms with Gasteiger partial charge < -0.3 is 0 Å². The monoisotopic (exact) mass is 353 g/mol. The molecule has 0 saturated carbocycles. The summed E-state index contributed by atoms with van der Waals surface area (Å²) in [5.41, 5.74) is 0.907. The Hall–Kier alpha value is -1.90. The number of sulfonamides is 1. The first-order valence-corrected chi connectivity index (χ1v) is 8.98. The predicted molar refractivity (Wildman–Crippen MR) is 84.6 cm³/mol. The Morgan fingerprint density at radius 1 is 1.04 bits per heavy atom. The van der Waals surface area contributed by atoms with Crippen LogP contribution in [0, 0.1) is 11.6 Å². The van der Waals surface area contributed by atoms with Gasteiger partial charge in [0.15, 0.2) is 0 Å². The molecule has 0 unspecified atom stereocenters. The lowest BCUT2D eigenvalue weighted by molar-refractivity contribution is 0.179. The van der Waals surface area contributed by atoms with Crippen LogP contribution in [0.2, 0.25) is 0 Å². The second-order valence-corrected chi connectivity index (χ2v) is 7.48. The van der Waals surface area contributed by atoms with Crippen molar-refractivity contribution in [3.05, 3.63) is 59.9 Å². The normalized spacial score (nSPS) is 17.1. The molecule has 24 heavy (non-hydrogen) atoms. The lowest BCUT2D eigenvalue weighted by atomic mass is 10.3. The van der Waals surface area contributed by atoms with Crippen LogP contribution in [-0.2, 0) is 16.6 Å². The maximum Gasteiger partial charge on any atom is 0.246 e. The first kappa shape index (κ1) is 16.9. The van der Waals surface area contributed by atoms with Crippen molar-refractivity contribution in [2.45, 2.75) is 11.4 Å². The first-order chi connectivity index (χ1) is 11.5. The van der Waals surface area contributed by atoms with Gasteiger partial charge in [0.05, 0.1) is 5.69 Å². The molecule has 1 aromatic carbocycles. The van der Waals surface area contributed by atoms with E-state index in [9.17, 15) is 17.2 Å². The van der Waals surface area contributed by atoms with Gasteiger partial charge in [0.2, 0.25) is 10.0 Å². The highest BCUT2D eigenvalue weighted by molar-refractivity contribution is 7.89. The number of rotatable bonds is 4. The van der Waals surface area contributed by atoms with Crippen LogP contribution in [0.5, 0.6) is 0 Å². The zero-order chi connectivity index (χ0) is 17.2. The van der Waals surface area contributed by atoms with Crippen LogP contribution in [0.3, 0.4) is 0 Å². The fourth-order valence-corrected chi connectivity index (χ4v) is 4.16. The maximum atomic E-state index is 13.8. The summed E-state index contributed by atoms with van der Waals surface area (Å²) in [6, 6.07) is 8.10. The summed E-state index contributed by atoms with van der Waals surface area (Å²) in [6.45, 7) is 2.10. The molecule has 0 radical (unpaired) electrons. The van der Waals surface area contributed by atoms with E-state index in [1.54, 1.807) is 6.20 Å². The molecule has 1 aliphatic heterocycles. The van der Waals surface area contributed by atoms with Crippen LogP contribution in [-0.4, -0.2) is 48.8 Å². The SMILES string of the molecule is O=S(=O)(c1cc(F)ccc1F)N1CCN(Cc2ccccn2)CC1. The number of hydrogen-bond donors (Lipinski definition) is 0. The number of halogens is 2. The lowest BCUT2D eigenvalue weighted by Crippen LogP contribution is -2.48. The van der Waals surface area contributed by atoms with Crippen LogP contribution in [0.1, 0.15) is 5.69 Å². The van der Waals surface area contributed by atoms with Crippen LogP contribution >= 0.6 is 0 Å². The van der Waals surface area contributed by atoms with Gasteiger partial charge in [0, 0.05) is 38.9 Å². The third kappa shape index (κ3) is 3.61. The number of pyridine rings is 1. The molecule has 0 N–H and O–H groups in total. The van der Waals surface area contributed by atoms with E-state index in [4.69, 9.17) is 0 Å². The van der Waals surface area contributed by atoms with Crippen molar-refractivity contribution in [3.63, 3.8) is 0 Å². The molecule has 5 nitrogen and oxygen atoms in total. The highest BCUT2D eigenvalue weighted by Crippen LogP contribution is 2.22. The van der Waals surface area contributed by atoms with Crippen molar-refractivity contribution in [1.29, 1.82) is 0 Å². The Balaban J connectivity index is 1.68. The zero-order valence-corrected chi connectivity index (χ0v) is 13.7. The largest absolute Gasteiger partial charge is 0.295 e. The van der Waals surface area contributed by atoms with E-state index in [0.29, 0.717) is 19.6 Å². The molecule has 0 amide bonds. The van der Waals surface area contributed by atoms with Crippen LogP contribution in [0.25, 0.3) is 0 Å². The van der Waals surface area contributed by atoms with E-state index in [1.165, 1.54) is 4.31 Å². The summed E-state index contributed by atoms with van der Waals surface area (Å²) in [6.07, 6.45) is 1.71. The smallest absolute Gasteiger partial charge is 0.246 e. The predicted octanol–water partition coefficient (Wildman–Crippen LogP) is 1.87. The zero-order valence-electron chi connectivity index (χ0n) is 12.9. The Morgan fingerprint density at radius 3 is 2.46 bits per heavy atom. The summed E-state index contributed by atoms with van der Waals surface area (Å²) >= 11 is 0.